The lowest BCUT2D eigenvalue weighted by molar-refractivity contribution is 0.0971. The number of hydrogen-bond acceptors (Lipinski definition) is 2. The van der Waals surface area contributed by atoms with Gasteiger partial charge in [0.25, 0.3) is 0 Å². The molecule has 0 bridgehead atoms. The first-order chi connectivity index (χ1) is 4.22. The number of fused-ring (bicyclic) bond motifs is 1. The summed E-state index contributed by atoms with van der Waals surface area (Å²) in [5.74, 6) is 0. The van der Waals surface area contributed by atoms with E-state index in [0.29, 0.717) is 6.61 Å². The predicted octanol–water partition coefficient (Wildman–Crippen LogP) is 0.601. The Morgan fingerprint density at radius 2 is 2.56 bits per heavy atom. The molecule has 0 aromatic carbocycles. The van der Waals surface area contributed by atoms with Crippen LogP contribution in [0.5, 0.6) is 0 Å². The molecule has 2 rings (SSSR count). The molecule has 0 spiro atoms. The van der Waals surface area contributed by atoms with Crippen molar-refractivity contribution in [3.05, 3.63) is 0 Å². The summed E-state index contributed by atoms with van der Waals surface area (Å²) in [4.78, 5) is 12.5. The van der Waals surface area contributed by atoms with Gasteiger partial charge in [0.15, 0.2) is 0 Å². The lowest BCUT2D eigenvalue weighted by atomic mass is 10.1. The highest BCUT2D eigenvalue weighted by Crippen LogP contribution is 2.38. The summed E-state index contributed by atoms with van der Waals surface area (Å²) in [5, 5.41) is 0. The minimum atomic E-state index is -0.135. The summed E-state index contributed by atoms with van der Waals surface area (Å²) < 4.78 is 4.78. The molecular formula is C6H9NO2. The summed E-state index contributed by atoms with van der Waals surface area (Å²) in [6.45, 7) is 3.59. The maximum atomic E-state index is 10.7. The molecule has 9 heavy (non-hydrogen) atoms. The van der Waals surface area contributed by atoms with Gasteiger partial charge in [-0.1, -0.05) is 0 Å². The average molecular weight is 127 g/mol. The molecule has 3 nitrogen and oxygen atoms in total. The summed E-state index contributed by atoms with van der Waals surface area (Å²) in [6, 6.07) is 0. The van der Waals surface area contributed by atoms with Crippen molar-refractivity contribution < 1.29 is 9.53 Å². The highest BCUT2D eigenvalue weighted by atomic mass is 16.6. The molecule has 3 heteroatoms. The van der Waals surface area contributed by atoms with E-state index in [1.165, 1.54) is 0 Å². The van der Waals surface area contributed by atoms with Crippen LogP contribution in [0.1, 0.15) is 13.3 Å². The van der Waals surface area contributed by atoms with E-state index in [4.69, 9.17) is 4.74 Å². The first-order valence-electron chi connectivity index (χ1n) is 3.17. The van der Waals surface area contributed by atoms with Gasteiger partial charge >= 0.3 is 6.09 Å². The third kappa shape index (κ3) is 0.544. The molecule has 50 valence electrons. The van der Waals surface area contributed by atoms with Crippen LogP contribution in [0.15, 0.2) is 0 Å². The SMILES string of the molecule is CC12CCOC(=O)N1C2. The molecule has 1 unspecified atom stereocenters. The van der Waals surface area contributed by atoms with Gasteiger partial charge in [-0.05, 0) is 6.92 Å². The van der Waals surface area contributed by atoms with Gasteiger partial charge in [-0.25, -0.2) is 4.79 Å². The van der Waals surface area contributed by atoms with E-state index in [0.717, 1.165) is 13.0 Å². The maximum Gasteiger partial charge on any atom is 0.410 e. The molecule has 0 aliphatic carbocycles. The summed E-state index contributed by atoms with van der Waals surface area (Å²) in [5.41, 5.74) is 0.176. The molecule has 0 aromatic heterocycles. The molecular weight excluding hydrogens is 118 g/mol. The van der Waals surface area contributed by atoms with Crippen LogP contribution < -0.4 is 0 Å². The fourth-order valence-corrected chi connectivity index (χ4v) is 1.24. The minimum absolute atomic E-state index is 0.135. The van der Waals surface area contributed by atoms with Crippen molar-refractivity contribution in [2.75, 3.05) is 13.2 Å². The smallest absolute Gasteiger partial charge is 0.410 e. The molecule has 1 amide bonds. The zero-order valence-electron chi connectivity index (χ0n) is 5.39. The van der Waals surface area contributed by atoms with Gasteiger partial charge in [0.1, 0.15) is 0 Å². The first-order valence-corrected chi connectivity index (χ1v) is 3.17. The van der Waals surface area contributed by atoms with Crippen LogP contribution in [-0.2, 0) is 4.74 Å². The number of cyclic esters (lactones) is 1. The van der Waals surface area contributed by atoms with Crippen molar-refractivity contribution >= 4 is 6.09 Å². The van der Waals surface area contributed by atoms with Crippen molar-refractivity contribution in [2.24, 2.45) is 0 Å². The Kier molecular flexibility index (Phi) is 0.693. The van der Waals surface area contributed by atoms with E-state index in [1.807, 2.05) is 0 Å². The first kappa shape index (κ1) is 5.09. The van der Waals surface area contributed by atoms with Gasteiger partial charge in [-0.15, -0.1) is 0 Å². The standard InChI is InChI=1S/C6H9NO2/c1-6-2-3-9-5(8)7(6)4-6/h2-4H2,1H3. The van der Waals surface area contributed by atoms with Gasteiger partial charge in [0.2, 0.25) is 0 Å². The number of carbonyl (C=O) groups excluding carboxylic acids is 1. The second kappa shape index (κ2) is 1.23. The van der Waals surface area contributed by atoms with Crippen molar-refractivity contribution in [3.63, 3.8) is 0 Å². The molecule has 0 aromatic rings. The van der Waals surface area contributed by atoms with Crippen LogP contribution in [0, 0.1) is 0 Å². The largest absolute Gasteiger partial charge is 0.449 e. The molecule has 1 atom stereocenters. The van der Waals surface area contributed by atoms with E-state index in [1.54, 1.807) is 4.90 Å². The third-order valence-corrected chi connectivity index (χ3v) is 2.13. The zero-order valence-corrected chi connectivity index (χ0v) is 5.39. The fourth-order valence-electron chi connectivity index (χ4n) is 1.24. The van der Waals surface area contributed by atoms with E-state index in [2.05, 4.69) is 6.92 Å². The maximum absolute atomic E-state index is 10.7. The van der Waals surface area contributed by atoms with Crippen LogP contribution in [-0.4, -0.2) is 29.7 Å². The summed E-state index contributed by atoms with van der Waals surface area (Å²) in [6.07, 6.45) is 0.863. The van der Waals surface area contributed by atoms with Crippen LogP contribution >= 0.6 is 0 Å². The van der Waals surface area contributed by atoms with Crippen molar-refractivity contribution in [2.45, 2.75) is 18.9 Å². The number of ether oxygens (including phenoxy) is 1. The van der Waals surface area contributed by atoms with Crippen LogP contribution in [0.25, 0.3) is 0 Å². The van der Waals surface area contributed by atoms with E-state index < -0.39 is 0 Å². The molecule has 2 heterocycles. The summed E-state index contributed by atoms with van der Waals surface area (Å²) in [7, 11) is 0. The van der Waals surface area contributed by atoms with Gasteiger partial charge in [0.05, 0.1) is 12.1 Å². The van der Waals surface area contributed by atoms with Crippen molar-refractivity contribution in [1.29, 1.82) is 0 Å². The van der Waals surface area contributed by atoms with Crippen LogP contribution in [0.2, 0.25) is 0 Å². The third-order valence-electron chi connectivity index (χ3n) is 2.13. The van der Waals surface area contributed by atoms with Gasteiger partial charge in [-0.2, -0.15) is 0 Å². The normalized spacial score (nSPS) is 39.7. The number of rotatable bonds is 0. The zero-order chi connectivity index (χ0) is 6.48. The number of nitrogens with zero attached hydrogens (tertiary/aromatic N) is 1. The molecule has 2 aliphatic heterocycles. The quantitative estimate of drug-likeness (QED) is 0.446. The molecule has 0 radical (unpaired) electrons. The van der Waals surface area contributed by atoms with E-state index in [9.17, 15) is 4.79 Å². The van der Waals surface area contributed by atoms with Gasteiger partial charge in [-0.3, -0.25) is 4.90 Å². The highest BCUT2D eigenvalue weighted by Gasteiger charge is 2.54. The lowest BCUT2D eigenvalue weighted by Gasteiger charge is -2.17. The Balaban J connectivity index is 2.16. The molecule has 2 saturated heterocycles. The Morgan fingerprint density at radius 3 is 3.11 bits per heavy atom. The van der Waals surface area contributed by atoms with E-state index >= 15 is 0 Å². The highest BCUT2D eigenvalue weighted by molar-refractivity contribution is 5.73. The second-order valence-corrected chi connectivity index (χ2v) is 2.95. The number of amides is 1. The molecule has 0 N–H and O–H groups in total. The summed E-state index contributed by atoms with van der Waals surface area (Å²) >= 11 is 0. The topological polar surface area (TPSA) is 29.3 Å². The fraction of sp³-hybridized carbons (Fsp3) is 0.833. The Labute approximate surface area is 53.6 Å². The number of hydrogen-bond donors (Lipinski definition) is 0. The minimum Gasteiger partial charge on any atom is -0.449 e. The average Bonchev–Trinajstić information content (AvgIpc) is 2.43. The Hall–Kier alpha value is -0.730. The monoisotopic (exact) mass is 127 g/mol. The molecule has 2 aliphatic rings. The molecule has 0 saturated carbocycles. The predicted molar refractivity (Wildman–Crippen MR) is 31.1 cm³/mol. The lowest BCUT2D eigenvalue weighted by Crippen LogP contribution is -2.29. The van der Waals surface area contributed by atoms with Gasteiger partial charge in [0, 0.05) is 13.0 Å². The Bertz CT molecular complexity index is 168. The number of carbonyl (C=O) groups is 1. The van der Waals surface area contributed by atoms with E-state index in [-0.39, 0.29) is 11.6 Å². The van der Waals surface area contributed by atoms with Crippen LogP contribution in [0.4, 0.5) is 4.79 Å². The van der Waals surface area contributed by atoms with Crippen molar-refractivity contribution in [3.8, 4) is 0 Å². The van der Waals surface area contributed by atoms with Crippen molar-refractivity contribution in [1.82, 2.24) is 4.90 Å². The van der Waals surface area contributed by atoms with Crippen LogP contribution in [0.3, 0.4) is 0 Å². The Morgan fingerprint density at radius 1 is 1.78 bits per heavy atom. The van der Waals surface area contributed by atoms with Gasteiger partial charge < -0.3 is 4.74 Å². The second-order valence-electron chi connectivity index (χ2n) is 2.95. The molecule has 2 fully saturated rings.